The van der Waals surface area contributed by atoms with Gasteiger partial charge in [-0.1, -0.05) is 0 Å². The number of phenols is 1. The molecule has 126 valence electrons. The number of ether oxygens (including phenoxy) is 1. The van der Waals surface area contributed by atoms with Crippen LogP contribution >= 0.6 is 0 Å². The first kappa shape index (κ1) is 17.4. The molecule has 2 rings (SSSR count). The van der Waals surface area contributed by atoms with Crippen LogP contribution in [-0.2, 0) is 4.79 Å². The second-order valence-corrected chi connectivity index (χ2v) is 4.72. The van der Waals surface area contributed by atoms with Gasteiger partial charge in [-0.15, -0.1) is 0 Å². The third kappa shape index (κ3) is 5.04. The highest BCUT2D eigenvalue weighted by Gasteiger charge is 2.09. The van der Waals surface area contributed by atoms with E-state index in [1.807, 2.05) is 6.07 Å². The number of nitrogens with one attached hydrogen (secondary N) is 1. The molecule has 2 aromatic carbocycles. The van der Waals surface area contributed by atoms with Gasteiger partial charge in [0.15, 0.2) is 6.61 Å². The van der Waals surface area contributed by atoms with Crippen LogP contribution in [-0.4, -0.2) is 28.8 Å². The van der Waals surface area contributed by atoms with Gasteiger partial charge in [0, 0.05) is 17.7 Å². The number of nitrogens with zero attached hydrogens (tertiary/aromatic N) is 3. The topological polar surface area (TPSA) is 138 Å². The molecule has 0 saturated carbocycles. The van der Waals surface area contributed by atoms with Crippen LogP contribution in [0.5, 0.6) is 11.5 Å². The molecule has 0 atom stereocenters. The summed E-state index contributed by atoms with van der Waals surface area (Å²) in [5.74, 6) is -0.363. The van der Waals surface area contributed by atoms with E-state index in [1.165, 1.54) is 0 Å². The van der Waals surface area contributed by atoms with Gasteiger partial charge in [-0.25, -0.2) is 5.43 Å². The fraction of sp³-hybridized carbons (Fsp3) is 0.0625. The Hall–Kier alpha value is -3.93. The first-order valence-electron chi connectivity index (χ1n) is 6.92. The van der Waals surface area contributed by atoms with E-state index in [0.717, 1.165) is 24.4 Å². The van der Waals surface area contributed by atoms with Crippen molar-refractivity contribution in [3.8, 4) is 17.6 Å². The highest BCUT2D eigenvalue weighted by atomic mass is 16.6. The van der Waals surface area contributed by atoms with E-state index in [1.54, 1.807) is 24.3 Å². The van der Waals surface area contributed by atoms with Crippen LogP contribution in [0.3, 0.4) is 0 Å². The van der Waals surface area contributed by atoms with Crippen molar-refractivity contribution < 1.29 is 19.6 Å². The third-order valence-corrected chi connectivity index (χ3v) is 2.97. The number of non-ortho nitro benzene ring substituents is 1. The van der Waals surface area contributed by atoms with Gasteiger partial charge in [-0.05, 0) is 30.3 Å². The van der Waals surface area contributed by atoms with E-state index in [0.29, 0.717) is 11.3 Å². The Labute approximate surface area is 141 Å². The van der Waals surface area contributed by atoms with Crippen LogP contribution in [0.1, 0.15) is 11.1 Å². The summed E-state index contributed by atoms with van der Waals surface area (Å²) in [5.41, 5.74) is 2.52. The van der Waals surface area contributed by atoms with Crippen molar-refractivity contribution >= 4 is 17.8 Å². The summed E-state index contributed by atoms with van der Waals surface area (Å²) in [5, 5.41) is 32.6. The van der Waals surface area contributed by atoms with E-state index >= 15 is 0 Å². The summed E-state index contributed by atoms with van der Waals surface area (Å²) in [6.07, 6.45) is 1.09. The normalized spacial score (nSPS) is 10.2. The smallest absolute Gasteiger partial charge is 0.277 e. The number of carbonyl (C=O) groups is 1. The molecule has 9 heteroatoms. The second-order valence-electron chi connectivity index (χ2n) is 4.72. The maximum atomic E-state index is 11.6. The van der Waals surface area contributed by atoms with Crippen molar-refractivity contribution in [1.82, 2.24) is 5.43 Å². The molecule has 0 radical (unpaired) electrons. The molecular weight excluding hydrogens is 328 g/mol. The van der Waals surface area contributed by atoms with Gasteiger partial charge in [0.25, 0.3) is 11.6 Å². The van der Waals surface area contributed by atoms with Gasteiger partial charge < -0.3 is 9.84 Å². The summed E-state index contributed by atoms with van der Waals surface area (Å²) >= 11 is 0. The Kier molecular flexibility index (Phi) is 5.63. The van der Waals surface area contributed by atoms with Gasteiger partial charge in [-0.3, -0.25) is 14.9 Å². The molecule has 0 aliphatic carbocycles. The molecule has 0 aliphatic rings. The summed E-state index contributed by atoms with van der Waals surface area (Å²) in [4.78, 5) is 21.7. The molecule has 0 spiro atoms. The first-order chi connectivity index (χ1) is 12.0. The minimum atomic E-state index is -0.610. The van der Waals surface area contributed by atoms with E-state index in [-0.39, 0.29) is 23.6 Å². The van der Waals surface area contributed by atoms with Gasteiger partial charge in [0.1, 0.15) is 11.5 Å². The van der Waals surface area contributed by atoms with Gasteiger partial charge in [-0.2, -0.15) is 10.4 Å². The summed E-state index contributed by atoms with van der Waals surface area (Å²) in [7, 11) is 0. The standard InChI is InChI=1S/C16H12N4O5/c17-8-11-1-4-14(5-2-11)25-10-16(22)19-18-9-12-7-13(20(23)24)3-6-15(12)21/h1-7,9,21H,10H2,(H,19,22)/b18-9+. The number of nitro groups is 1. The van der Waals surface area contributed by atoms with Crippen LogP contribution in [0, 0.1) is 21.4 Å². The second kappa shape index (κ2) is 8.07. The number of rotatable bonds is 6. The van der Waals surface area contributed by atoms with Crippen molar-refractivity contribution in [2.45, 2.75) is 0 Å². The van der Waals surface area contributed by atoms with Gasteiger partial charge in [0.2, 0.25) is 0 Å². The van der Waals surface area contributed by atoms with Gasteiger partial charge >= 0.3 is 0 Å². The quantitative estimate of drug-likeness (QED) is 0.466. The maximum absolute atomic E-state index is 11.6. The highest BCUT2D eigenvalue weighted by molar-refractivity contribution is 5.86. The fourth-order valence-corrected chi connectivity index (χ4v) is 1.74. The minimum absolute atomic E-state index is 0.0857. The number of phenolic OH excluding ortho intramolecular Hbond substituents is 1. The summed E-state index contributed by atoms with van der Waals surface area (Å²) in [6.45, 7) is -0.315. The molecule has 2 aromatic rings. The zero-order chi connectivity index (χ0) is 18.2. The molecule has 25 heavy (non-hydrogen) atoms. The molecule has 0 unspecified atom stereocenters. The van der Waals surface area contributed by atoms with E-state index in [2.05, 4.69) is 10.5 Å². The molecule has 1 amide bonds. The summed E-state index contributed by atoms with van der Waals surface area (Å²) < 4.78 is 5.21. The number of benzene rings is 2. The van der Waals surface area contributed by atoms with Crippen LogP contribution in [0.2, 0.25) is 0 Å². The average Bonchev–Trinajstić information content (AvgIpc) is 2.61. The van der Waals surface area contributed by atoms with Crippen LogP contribution in [0.25, 0.3) is 0 Å². The van der Waals surface area contributed by atoms with E-state index < -0.39 is 10.8 Å². The zero-order valence-corrected chi connectivity index (χ0v) is 12.7. The van der Waals surface area contributed by atoms with Crippen molar-refractivity contribution in [2.24, 2.45) is 5.10 Å². The minimum Gasteiger partial charge on any atom is -0.507 e. The Morgan fingerprint density at radius 1 is 1.36 bits per heavy atom. The molecule has 2 N–H and O–H groups in total. The molecule has 0 heterocycles. The zero-order valence-electron chi connectivity index (χ0n) is 12.7. The maximum Gasteiger partial charge on any atom is 0.277 e. The number of carbonyl (C=O) groups excluding carboxylic acids is 1. The molecular formula is C16H12N4O5. The molecule has 0 aliphatic heterocycles. The lowest BCUT2D eigenvalue weighted by atomic mass is 10.2. The Morgan fingerprint density at radius 3 is 2.72 bits per heavy atom. The summed E-state index contributed by atoms with van der Waals surface area (Å²) in [6, 6.07) is 11.6. The number of aromatic hydroxyl groups is 1. The van der Waals surface area contributed by atoms with Crippen LogP contribution in [0.4, 0.5) is 5.69 Å². The highest BCUT2D eigenvalue weighted by Crippen LogP contribution is 2.21. The molecule has 0 bridgehead atoms. The Balaban J connectivity index is 1.89. The molecule has 0 fully saturated rings. The lowest BCUT2D eigenvalue weighted by Crippen LogP contribution is -2.24. The number of hydrogen-bond donors (Lipinski definition) is 2. The Morgan fingerprint density at radius 2 is 2.08 bits per heavy atom. The fourth-order valence-electron chi connectivity index (χ4n) is 1.74. The van der Waals surface area contributed by atoms with Crippen LogP contribution in [0.15, 0.2) is 47.6 Å². The number of hydrazone groups is 1. The monoisotopic (exact) mass is 340 g/mol. The number of nitriles is 1. The third-order valence-electron chi connectivity index (χ3n) is 2.97. The van der Waals surface area contributed by atoms with Crippen molar-refractivity contribution in [1.29, 1.82) is 5.26 Å². The number of nitro benzene ring substituents is 1. The molecule has 9 nitrogen and oxygen atoms in total. The van der Waals surface area contributed by atoms with Crippen molar-refractivity contribution in [3.05, 3.63) is 63.7 Å². The van der Waals surface area contributed by atoms with E-state index in [9.17, 15) is 20.0 Å². The largest absolute Gasteiger partial charge is 0.507 e. The number of hydrogen-bond acceptors (Lipinski definition) is 7. The predicted molar refractivity (Wildman–Crippen MR) is 87.1 cm³/mol. The predicted octanol–water partition coefficient (Wildman–Crippen LogP) is 1.70. The van der Waals surface area contributed by atoms with E-state index in [4.69, 9.17) is 10.00 Å². The lowest BCUT2D eigenvalue weighted by molar-refractivity contribution is -0.384. The van der Waals surface area contributed by atoms with Gasteiger partial charge in [0.05, 0.1) is 22.8 Å². The van der Waals surface area contributed by atoms with Crippen molar-refractivity contribution in [3.63, 3.8) is 0 Å². The first-order valence-corrected chi connectivity index (χ1v) is 6.92. The molecule has 0 aromatic heterocycles. The lowest BCUT2D eigenvalue weighted by Gasteiger charge is -2.04. The molecule has 0 saturated heterocycles. The Bertz CT molecular complexity index is 856. The average molecular weight is 340 g/mol. The van der Waals surface area contributed by atoms with Crippen molar-refractivity contribution in [2.75, 3.05) is 6.61 Å². The van der Waals surface area contributed by atoms with Crippen LogP contribution < -0.4 is 10.2 Å². The number of amides is 1. The SMILES string of the molecule is N#Cc1ccc(OCC(=O)N/N=C/c2cc([N+](=O)[O-])ccc2O)cc1.